The van der Waals surface area contributed by atoms with Crippen molar-refractivity contribution in [3.63, 3.8) is 0 Å². The van der Waals surface area contributed by atoms with Crippen LogP contribution in [0.2, 0.25) is 0 Å². The van der Waals surface area contributed by atoms with Gasteiger partial charge in [0.1, 0.15) is 0 Å². The van der Waals surface area contributed by atoms with Gasteiger partial charge in [-0.15, -0.1) is 0 Å². The third kappa shape index (κ3) is 3.20. The molecule has 1 saturated heterocycles. The molecule has 0 bridgehead atoms. The molecule has 1 N–H and O–H groups in total. The zero-order chi connectivity index (χ0) is 16.4. The predicted molar refractivity (Wildman–Crippen MR) is 101 cm³/mol. The summed E-state index contributed by atoms with van der Waals surface area (Å²) in [6.07, 6.45) is 5.01. The largest absolute Gasteiger partial charge is 0.314 e. The van der Waals surface area contributed by atoms with E-state index in [4.69, 9.17) is 4.98 Å². The van der Waals surface area contributed by atoms with Crippen molar-refractivity contribution in [2.75, 3.05) is 6.54 Å². The number of rotatable bonds is 3. The number of nitrogens with zero attached hydrogens (tertiary/aromatic N) is 1. The predicted octanol–water partition coefficient (Wildman–Crippen LogP) is 4.89. The zero-order valence-corrected chi connectivity index (χ0v) is 14.3. The lowest BCUT2D eigenvalue weighted by molar-refractivity contribution is 0.400. The number of benzene rings is 2. The minimum Gasteiger partial charge on any atom is -0.314 e. The zero-order valence-electron chi connectivity index (χ0n) is 14.3. The van der Waals surface area contributed by atoms with Crippen molar-refractivity contribution in [2.24, 2.45) is 0 Å². The highest BCUT2D eigenvalue weighted by Crippen LogP contribution is 2.27. The third-order valence-electron chi connectivity index (χ3n) is 5.03. The molecule has 2 heterocycles. The van der Waals surface area contributed by atoms with Crippen LogP contribution in [0.25, 0.3) is 22.2 Å². The molecule has 2 aromatic carbocycles. The Morgan fingerprint density at radius 2 is 1.88 bits per heavy atom. The molecule has 122 valence electrons. The summed E-state index contributed by atoms with van der Waals surface area (Å²) < 4.78 is 0. The average molecular weight is 316 g/mol. The summed E-state index contributed by atoms with van der Waals surface area (Å²) in [6.45, 7) is 3.27. The maximum atomic E-state index is 4.91. The van der Waals surface area contributed by atoms with Gasteiger partial charge < -0.3 is 5.32 Å². The van der Waals surface area contributed by atoms with Gasteiger partial charge in [0.2, 0.25) is 0 Å². The van der Waals surface area contributed by atoms with Gasteiger partial charge in [-0.1, -0.05) is 54.4 Å². The van der Waals surface area contributed by atoms with E-state index < -0.39 is 0 Å². The van der Waals surface area contributed by atoms with Gasteiger partial charge in [-0.25, -0.2) is 4.98 Å². The van der Waals surface area contributed by atoms with Crippen molar-refractivity contribution >= 4 is 10.9 Å². The van der Waals surface area contributed by atoms with Crippen LogP contribution < -0.4 is 5.32 Å². The van der Waals surface area contributed by atoms with Crippen LogP contribution in [-0.4, -0.2) is 17.6 Å². The first-order chi connectivity index (χ1) is 11.8. The Bertz CT molecular complexity index is 830. The molecule has 24 heavy (non-hydrogen) atoms. The van der Waals surface area contributed by atoms with Gasteiger partial charge in [-0.05, 0) is 50.4 Å². The molecular formula is C22H24N2. The number of piperidine rings is 1. The fraction of sp³-hybridized carbons (Fsp3) is 0.318. The molecular weight excluding hydrogens is 292 g/mol. The highest BCUT2D eigenvalue weighted by molar-refractivity contribution is 5.85. The van der Waals surface area contributed by atoms with Crippen molar-refractivity contribution in [1.29, 1.82) is 0 Å². The maximum absolute atomic E-state index is 4.91. The van der Waals surface area contributed by atoms with E-state index in [1.807, 2.05) is 0 Å². The Morgan fingerprint density at radius 3 is 2.67 bits per heavy atom. The summed E-state index contributed by atoms with van der Waals surface area (Å²) in [4.78, 5) is 4.91. The van der Waals surface area contributed by atoms with Crippen LogP contribution in [0.15, 0.2) is 54.6 Å². The van der Waals surface area contributed by atoms with E-state index in [1.54, 1.807) is 0 Å². The summed E-state index contributed by atoms with van der Waals surface area (Å²) in [5.41, 5.74) is 6.08. The Labute approximate surface area is 143 Å². The molecule has 0 amide bonds. The second-order valence-corrected chi connectivity index (χ2v) is 6.90. The second-order valence-electron chi connectivity index (χ2n) is 6.90. The summed E-state index contributed by atoms with van der Waals surface area (Å²) in [5.74, 6) is 0. The Balaban J connectivity index is 1.76. The molecule has 4 rings (SSSR count). The van der Waals surface area contributed by atoms with Crippen molar-refractivity contribution in [3.8, 4) is 11.3 Å². The van der Waals surface area contributed by atoms with Crippen molar-refractivity contribution < 1.29 is 0 Å². The number of hydrogen-bond acceptors (Lipinski definition) is 2. The van der Waals surface area contributed by atoms with Gasteiger partial charge in [0, 0.05) is 17.0 Å². The van der Waals surface area contributed by atoms with Gasteiger partial charge >= 0.3 is 0 Å². The van der Waals surface area contributed by atoms with Crippen LogP contribution in [0.1, 0.15) is 30.4 Å². The topological polar surface area (TPSA) is 24.9 Å². The number of aryl methyl sites for hydroxylation is 1. The molecule has 0 radical (unpaired) electrons. The summed E-state index contributed by atoms with van der Waals surface area (Å²) in [5, 5.41) is 4.97. The molecule has 2 heteroatoms. The molecule has 0 aliphatic carbocycles. The molecule has 1 atom stereocenters. The standard InChI is InChI=1S/C22H24N2/c1-16-9-11-17(12-10-16)22-15-18(14-19-6-4-5-13-23-19)20-7-2-3-8-21(20)24-22/h2-3,7-12,15,19,23H,4-6,13-14H2,1H3/t19-/m1/s1. The minimum absolute atomic E-state index is 0.593. The molecule has 0 unspecified atom stereocenters. The lowest BCUT2D eigenvalue weighted by Gasteiger charge is -2.24. The van der Waals surface area contributed by atoms with Crippen LogP contribution in [0.4, 0.5) is 0 Å². The first-order valence-corrected chi connectivity index (χ1v) is 8.99. The monoisotopic (exact) mass is 316 g/mol. The third-order valence-corrected chi connectivity index (χ3v) is 5.03. The number of aromatic nitrogens is 1. The molecule has 1 aliphatic rings. The quantitative estimate of drug-likeness (QED) is 0.744. The number of para-hydroxylation sites is 1. The fourth-order valence-electron chi connectivity index (χ4n) is 3.65. The minimum atomic E-state index is 0.593. The molecule has 1 aliphatic heterocycles. The van der Waals surface area contributed by atoms with Crippen LogP contribution >= 0.6 is 0 Å². The number of pyridine rings is 1. The Kier molecular flexibility index (Phi) is 4.31. The average Bonchev–Trinajstić information content (AvgIpc) is 2.63. The molecule has 2 nitrogen and oxygen atoms in total. The van der Waals surface area contributed by atoms with Gasteiger partial charge in [0.15, 0.2) is 0 Å². The number of nitrogens with one attached hydrogen (secondary N) is 1. The molecule has 0 saturated carbocycles. The van der Waals surface area contributed by atoms with Gasteiger partial charge in [-0.2, -0.15) is 0 Å². The fourth-order valence-corrected chi connectivity index (χ4v) is 3.65. The van der Waals surface area contributed by atoms with E-state index in [0.29, 0.717) is 6.04 Å². The van der Waals surface area contributed by atoms with Crippen LogP contribution in [-0.2, 0) is 6.42 Å². The van der Waals surface area contributed by atoms with E-state index in [9.17, 15) is 0 Å². The highest BCUT2D eigenvalue weighted by Gasteiger charge is 2.15. The van der Waals surface area contributed by atoms with Crippen LogP contribution in [0.5, 0.6) is 0 Å². The van der Waals surface area contributed by atoms with Crippen molar-refractivity contribution in [1.82, 2.24) is 10.3 Å². The normalized spacial score (nSPS) is 18.0. The first kappa shape index (κ1) is 15.3. The summed E-state index contributed by atoms with van der Waals surface area (Å²) >= 11 is 0. The van der Waals surface area contributed by atoms with Crippen molar-refractivity contribution in [3.05, 3.63) is 65.7 Å². The number of fused-ring (bicyclic) bond motifs is 1. The van der Waals surface area contributed by atoms with E-state index in [-0.39, 0.29) is 0 Å². The summed E-state index contributed by atoms with van der Waals surface area (Å²) in [6, 6.07) is 20.1. The first-order valence-electron chi connectivity index (χ1n) is 8.99. The Morgan fingerprint density at radius 1 is 1.04 bits per heavy atom. The molecule has 0 spiro atoms. The smallest absolute Gasteiger partial charge is 0.0712 e. The van der Waals surface area contributed by atoms with E-state index in [0.717, 1.165) is 24.2 Å². The van der Waals surface area contributed by atoms with Crippen LogP contribution in [0.3, 0.4) is 0 Å². The highest BCUT2D eigenvalue weighted by atomic mass is 14.9. The van der Waals surface area contributed by atoms with Crippen molar-refractivity contribution in [2.45, 2.75) is 38.6 Å². The van der Waals surface area contributed by atoms with Crippen LogP contribution in [0, 0.1) is 6.92 Å². The van der Waals surface area contributed by atoms with Gasteiger partial charge in [-0.3, -0.25) is 0 Å². The lowest BCUT2D eigenvalue weighted by Crippen LogP contribution is -2.35. The Hall–Kier alpha value is -2.19. The van der Waals surface area contributed by atoms with E-state index in [2.05, 4.69) is 66.8 Å². The van der Waals surface area contributed by atoms with E-state index >= 15 is 0 Å². The summed E-state index contributed by atoms with van der Waals surface area (Å²) in [7, 11) is 0. The number of hydrogen-bond donors (Lipinski definition) is 1. The molecule has 1 aromatic heterocycles. The van der Waals surface area contributed by atoms with E-state index in [1.165, 1.54) is 41.3 Å². The lowest BCUT2D eigenvalue weighted by atomic mass is 9.94. The molecule has 3 aromatic rings. The molecule has 1 fully saturated rings. The van der Waals surface area contributed by atoms with Gasteiger partial charge in [0.05, 0.1) is 11.2 Å². The SMILES string of the molecule is Cc1ccc(-c2cc(C[C@H]3CCCCN3)c3ccccc3n2)cc1. The van der Waals surface area contributed by atoms with Gasteiger partial charge in [0.25, 0.3) is 0 Å². The maximum Gasteiger partial charge on any atom is 0.0712 e. The second kappa shape index (κ2) is 6.74.